The molecule has 0 aliphatic rings. The van der Waals surface area contributed by atoms with Crippen LogP contribution in [0.2, 0.25) is 0 Å². The van der Waals surface area contributed by atoms with E-state index in [-0.39, 0.29) is 12.3 Å². The molecule has 0 spiro atoms. The number of ether oxygens (including phenoxy) is 1. The Labute approximate surface area is 181 Å². The first-order chi connectivity index (χ1) is 15.0. The molecule has 3 N–H and O–H groups in total. The van der Waals surface area contributed by atoms with E-state index in [0.717, 1.165) is 28.2 Å². The van der Waals surface area contributed by atoms with E-state index >= 15 is 0 Å². The van der Waals surface area contributed by atoms with Crippen LogP contribution in [0.1, 0.15) is 12.5 Å². The maximum atomic E-state index is 12.6. The average Bonchev–Trinajstić information content (AvgIpc) is 3.39. The molecule has 9 nitrogen and oxygen atoms in total. The molecule has 0 unspecified atom stereocenters. The maximum Gasteiger partial charge on any atom is 0.329 e. The minimum Gasteiger partial charge on any atom is -0.454 e. The Kier molecular flexibility index (Phi) is 5.89. The summed E-state index contributed by atoms with van der Waals surface area (Å²) >= 11 is 1.04. The van der Waals surface area contributed by atoms with Crippen LogP contribution in [0, 0.1) is 0 Å². The Bertz CT molecular complexity index is 1260. The summed E-state index contributed by atoms with van der Waals surface area (Å²) in [5, 5.41) is 6.22. The van der Waals surface area contributed by atoms with Gasteiger partial charge in [0.25, 0.3) is 5.91 Å². The number of H-pyrrole nitrogens is 1. The number of para-hydroxylation sites is 1. The van der Waals surface area contributed by atoms with E-state index in [1.54, 1.807) is 24.4 Å². The summed E-state index contributed by atoms with van der Waals surface area (Å²) in [5.41, 5.74) is 3.52. The number of rotatable bonds is 7. The molecule has 2 aromatic heterocycles. The van der Waals surface area contributed by atoms with Crippen molar-refractivity contribution >= 4 is 57.1 Å². The van der Waals surface area contributed by atoms with Crippen LogP contribution in [0.5, 0.6) is 0 Å². The Balaban J connectivity index is 1.41. The summed E-state index contributed by atoms with van der Waals surface area (Å²) < 4.78 is 13.5. The summed E-state index contributed by atoms with van der Waals surface area (Å²) in [6, 6.07) is 12.0. The van der Waals surface area contributed by atoms with E-state index in [1.807, 2.05) is 24.3 Å². The van der Waals surface area contributed by atoms with Crippen LogP contribution in [0.15, 0.2) is 48.7 Å². The maximum absolute atomic E-state index is 12.6. The first kappa shape index (κ1) is 20.5. The van der Waals surface area contributed by atoms with Gasteiger partial charge < -0.3 is 20.4 Å². The van der Waals surface area contributed by atoms with Crippen LogP contribution < -0.4 is 10.6 Å². The molecule has 2 heterocycles. The third kappa shape index (κ3) is 4.69. The molecular weight excluding hydrogens is 418 g/mol. The smallest absolute Gasteiger partial charge is 0.329 e. The molecule has 158 valence electrons. The number of anilines is 1. The molecule has 2 amide bonds. The van der Waals surface area contributed by atoms with Crippen molar-refractivity contribution in [2.24, 2.45) is 0 Å². The van der Waals surface area contributed by atoms with Crippen LogP contribution in [0.4, 0.5) is 5.69 Å². The number of hydrogen-bond donors (Lipinski definition) is 3. The van der Waals surface area contributed by atoms with E-state index in [1.165, 1.54) is 6.92 Å². The Hall–Kier alpha value is -3.79. The number of nitrogens with one attached hydrogen (secondary N) is 3. The normalized spacial score (nSPS) is 11.9. The van der Waals surface area contributed by atoms with E-state index < -0.39 is 24.5 Å². The predicted molar refractivity (Wildman–Crippen MR) is 117 cm³/mol. The highest BCUT2D eigenvalue weighted by Crippen LogP contribution is 2.21. The van der Waals surface area contributed by atoms with Gasteiger partial charge in [0, 0.05) is 30.4 Å². The molecule has 10 heteroatoms. The molecule has 0 bridgehead atoms. The quantitative estimate of drug-likeness (QED) is 0.381. The van der Waals surface area contributed by atoms with E-state index in [4.69, 9.17) is 4.74 Å². The molecule has 4 aromatic rings. The zero-order valence-corrected chi connectivity index (χ0v) is 17.4. The van der Waals surface area contributed by atoms with Crippen molar-refractivity contribution in [3.05, 3.63) is 54.2 Å². The fraction of sp³-hybridized carbons (Fsp3) is 0.190. The minimum absolute atomic E-state index is 0.230. The van der Waals surface area contributed by atoms with E-state index in [2.05, 4.69) is 24.4 Å². The van der Waals surface area contributed by atoms with Crippen molar-refractivity contribution < 1.29 is 19.1 Å². The van der Waals surface area contributed by atoms with Crippen LogP contribution in [0.25, 0.3) is 21.9 Å². The molecule has 0 saturated carbocycles. The number of carbonyl (C=O) groups is 3. The molecule has 2 aromatic carbocycles. The molecule has 1 atom stereocenters. The third-order valence-electron chi connectivity index (χ3n) is 4.67. The van der Waals surface area contributed by atoms with Crippen molar-refractivity contribution in [3.8, 4) is 0 Å². The largest absolute Gasteiger partial charge is 0.454 e. The van der Waals surface area contributed by atoms with Gasteiger partial charge in [-0.2, -0.15) is 8.75 Å². The molecule has 0 saturated heterocycles. The lowest BCUT2D eigenvalue weighted by Gasteiger charge is -2.16. The van der Waals surface area contributed by atoms with Crippen LogP contribution in [-0.4, -0.2) is 44.2 Å². The lowest BCUT2D eigenvalue weighted by molar-refractivity contribution is -0.150. The number of aromatic nitrogens is 3. The highest BCUT2D eigenvalue weighted by molar-refractivity contribution is 7.00. The number of esters is 1. The van der Waals surface area contributed by atoms with Gasteiger partial charge in [0.15, 0.2) is 6.61 Å². The molecule has 0 radical (unpaired) electrons. The average molecular weight is 437 g/mol. The summed E-state index contributed by atoms with van der Waals surface area (Å²) in [6.45, 7) is 0.835. The van der Waals surface area contributed by atoms with Gasteiger partial charge >= 0.3 is 5.97 Å². The topological polar surface area (TPSA) is 126 Å². The number of aromatic amines is 1. The van der Waals surface area contributed by atoms with Crippen molar-refractivity contribution in [3.63, 3.8) is 0 Å². The fourth-order valence-electron chi connectivity index (χ4n) is 3.29. The first-order valence-electron chi connectivity index (χ1n) is 9.51. The second-order valence-electron chi connectivity index (χ2n) is 6.91. The summed E-state index contributed by atoms with van der Waals surface area (Å²) in [7, 11) is 0. The number of hydrogen-bond acceptors (Lipinski definition) is 7. The Morgan fingerprint density at radius 1 is 1.13 bits per heavy atom. The number of carbonyl (C=O) groups excluding carboxylic acids is 3. The zero-order valence-electron chi connectivity index (χ0n) is 16.5. The van der Waals surface area contributed by atoms with Gasteiger partial charge in [-0.05, 0) is 23.8 Å². The number of benzene rings is 2. The molecular formula is C21H19N5O4S. The van der Waals surface area contributed by atoms with Gasteiger partial charge in [-0.1, -0.05) is 24.3 Å². The van der Waals surface area contributed by atoms with Gasteiger partial charge in [-0.15, -0.1) is 0 Å². The van der Waals surface area contributed by atoms with Crippen molar-refractivity contribution in [2.45, 2.75) is 19.4 Å². The highest BCUT2D eigenvalue weighted by Gasteiger charge is 2.24. The van der Waals surface area contributed by atoms with Crippen LogP contribution in [0.3, 0.4) is 0 Å². The predicted octanol–water partition coefficient (Wildman–Crippen LogP) is 2.40. The SMILES string of the molecule is CC(=O)N[C@H](Cc1c[nH]c2ccccc12)C(=O)OCC(=O)Nc1cccc2nsnc12. The second kappa shape index (κ2) is 8.92. The van der Waals surface area contributed by atoms with Gasteiger partial charge in [-0.25, -0.2) is 4.79 Å². The first-order valence-corrected chi connectivity index (χ1v) is 10.2. The summed E-state index contributed by atoms with van der Waals surface area (Å²) in [6.07, 6.45) is 2.02. The lowest BCUT2D eigenvalue weighted by atomic mass is 10.0. The summed E-state index contributed by atoms with van der Waals surface area (Å²) in [5.74, 6) is -1.57. The van der Waals surface area contributed by atoms with E-state index in [9.17, 15) is 14.4 Å². The molecule has 0 aliphatic carbocycles. The number of nitrogens with zero attached hydrogens (tertiary/aromatic N) is 2. The van der Waals surface area contributed by atoms with Crippen molar-refractivity contribution in [1.29, 1.82) is 0 Å². The monoisotopic (exact) mass is 437 g/mol. The Morgan fingerprint density at radius 3 is 2.81 bits per heavy atom. The highest BCUT2D eigenvalue weighted by atomic mass is 32.1. The number of fused-ring (bicyclic) bond motifs is 2. The van der Waals surface area contributed by atoms with E-state index in [0.29, 0.717) is 16.7 Å². The van der Waals surface area contributed by atoms with Gasteiger partial charge in [0.05, 0.1) is 17.4 Å². The lowest BCUT2D eigenvalue weighted by Crippen LogP contribution is -2.43. The third-order valence-corrected chi connectivity index (χ3v) is 5.21. The molecule has 0 aliphatic heterocycles. The molecule has 31 heavy (non-hydrogen) atoms. The van der Waals surface area contributed by atoms with Crippen molar-refractivity contribution in [2.75, 3.05) is 11.9 Å². The molecule has 0 fully saturated rings. The molecule has 4 rings (SSSR count). The minimum atomic E-state index is -0.921. The van der Waals surface area contributed by atoms with Crippen LogP contribution >= 0.6 is 11.7 Å². The van der Waals surface area contributed by atoms with Gasteiger partial charge in [0.1, 0.15) is 17.1 Å². The van der Waals surface area contributed by atoms with Gasteiger partial charge in [-0.3, -0.25) is 9.59 Å². The number of amides is 2. The standard InChI is InChI=1S/C21H19N5O4S/c1-12(27)23-18(9-13-10-22-15-6-3-2-5-14(13)15)21(29)30-11-19(28)24-16-7-4-8-17-20(16)26-31-25-17/h2-8,10,18,22H,9,11H2,1H3,(H,23,27)(H,24,28)/t18-/m1/s1. The zero-order chi connectivity index (χ0) is 21.8. The summed E-state index contributed by atoms with van der Waals surface area (Å²) in [4.78, 5) is 39.7. The second-order valence-corrected chi connectivity index (χ2v) is 7.44. The Morgan fingerprint density at radius 2 is 1.97 bits per heavy atom. The van der Waals surface area contributed by atoms with Crippen molar-refractivity contribution in [1.82, 2.24) is 19.0 Å². The fourth-order valence-corrected chi connectivity index (χ4v) is 3.84. The van der Waals surface area contributed by atoms with Gasteiger partial charge in [0.2, 0.25) is 5.91 Å². The van der Waals surface area contributed by atoms with Crippen LogP contribution in [-0.2, 0) is 25.5 Å².